The zero-order valence-corrected chi connectivity index (χ0v) is 43.6. The maximum Gasteiger partial charge on any atom is 2.00 e. The molecule has 0 saturated heterocycles. The Morgan fingerprint density at radius 3 is 0.900 bits per heavy atom. The second-order valence-corrected chi connectivity index (χ2v) is 20.6. The molecule has 0 atom stereocenters. The summed E-state index contributed by atoms with van der Waals surface area (Å²) in [4.78, 5) is 0. The van der Waals surface area contributed by atoms with Gasteiger partial charge in [0.1, 0.15) is 0 Å². The molecular weight excluding hydrogens is 936 g/mol. The molecule has 0 heterocycles. The molecule has 0 aliphatic heterocycles. The minimum Gasteiger partial charge on any atom is -0.164 e. The van der Waals surface area contributed by atoms with Gasteiger partial charge < -0.3 is 0 Å². The predicted octanol–water partition coefficient (Wildman–Crippen LogP) is 19.1. The summed E-state index contributed by atoms with van der Waals surface area (Å²) < 4.78 is 0. The average Bonchev–Trinajstić information content (AvgIpc) is 4.32. The molecule has 2 saturated carbocycles. The van der Waals surface area contributed by atoms with Crippen LogP contribution in [-0.4, -0.2) is 9.52 Å². The van der Waals surface area contributed by atoms with Crippen molar-refractivity contribution in [3.05, 3.63) is 230 Å². The third-order valence-electron chi connectivity index (χ3n) is 14.7. The van der Waals surface area contributed by atoms with Crippen LogP contribution in [0.3, 0.4) is 0 Å². The number of hydrogen-bond donors (Lipinski definition) is 0. The fourth-order valence-electron chi connectivity index (χ4n) is 11.0. The fraction of sp³-hybridized carbons (Fsp3) is 0.147. The number of fused-ring (bicyclic) bond motifs is 6. The first-order valence-corrected chi connectivity index (χ1v) is 27.1. The van der Waals surface area contributed by atoms with Crippen molar-refractivity contribution in [1.29, 1.82) is 0 Å². The molecule has 0 spiro atoms. The van der Waals surface area contributed by atoms with Crippen LogP contribution in [0.4, 0.5) is 0 Å². The van der Waals surface area contributed by atoms with E-state index in [0.29, 0.717) is 0 Å². The Bertz CT molecular complexity index is 3310. The van der Waals surface area contributed by atoms with Crippen LogP contribution in [0.2, 0.25) is 13.1 Å². The van der Waals surface area contributed by atoms with E-state index in [1.54, 1.807) is 0 Å². The van der Waals surface area contributed by atoms with Gasteiger partial charge in [-0.1, -0.05) is 241 Å². The topological polar surface area (TPSA) is 0 Å². The Labute approximate surface area is 434 Å². The number of rotatable bonds is 8. The summed E-state index contributed by atoms with van der Waals surface area (Å²) in [6.45, 7) is 4.31. The Balaban J connectivity index is 0.000000143. The van der Waals surface area contributed by atoms with Gasteiger partial charge in [-0.25, -0.2) is 0 Å². The first-order chi connectivity index (χ1) is 34.1. The van der Waals surface area contributed by atoms with Gasteiger partial charge in [0.2, 0.25) is 0 Å². The van der Waals surface area contributed by atoms with Gasteiger partial charge in [-0.15, -0.1) is 44.8 Å². The van der Waals surface area contributed by atoms with Gasteiger partial charge >= 0.3 is 26.2 Å². The second kappa shape index (κ2) is 20.1. The van der Waals surface area contributed by atoms with Crippen LogP contribution >= 0.6 is 0 Å². The average molecular weight is 993 g/mol. The minimum absolute atomic E-state index is 0. The van der Waals surface area contributed by atoms with Gasteiger partial charge in [-0.05, 0) is 105 Å². The van der Waals surface area contributed by atoms with E-state index in [4.69, 9.17) is 0 Å². The van der Waals surface area contributed by atoms with Crippen LogP contribution in [0.15, 0.2) is 218 Å². The van der Waals surface area contributed by atoms with Gasteiger partial charge in [-0.2, -0.15) is 12.1 Å². The van der Waals surface area contributed by atoms with Crippen molar-refractivity contribution in [2.45, 2.75) is 51.6 Å². The van der Waals surface area contributed by atoms with E-state index in [0.717, 1.165) is 21.4 Å². The Morgan fingerprint density at radius 2 is 0.586 bits per heavy atom. The molecule has 2 aliphatic rings. The number of hydrogen-bond acceptors (Lipinski definition) is 0. The van der Waals surface area contributed by atoms with E-state index in [1.807, 2.05) is 0 Å². The molecule has 2 fully saturated rings. The molecule has 0 amide bonds. The van der Waals surface area contributed by atoms with E-state index in [2.05, 4.69) is 231 Å². The van der Waals surface area contributed by atoms with Crippen molar-refractivity contribution in [2.75, 3.05) is 0 Å². The largest absolute Gasteiger partial charge is 2.00 e. The standard InChI is InChI=1S/2C33H25.C2H6Si.Zr/c2*1-3-11-26-24(7-1)9-5-13-28(26)30-17-18-31(29-14-6-10-25-8-2-4-12-27(25)29)33-21-23(20-32(30)33)19-22-15-16-22;1-3-2;/h2*1-14,17-18,20-22H,15-16,19H2;1-2H3;/q2*-1;;+2. The Morgan fingerprint density at radius 1 is 0.329 bits per heavy atom. The molecule has 14 rings (SSSR count). The molecule has 2 radical (unpaired) electrons. The summed E-state index contributed by atoms with van der Waals surface area (Å²) in [7, 11) is 1.08. The molecule has 336 valence electrons. The van der Waals surface area contributed by atoms with Gasteiger partial charge in [-0.3, -0.25) is 0 Å². The fourth-order valence-corrected chi connectivity index (χ4v) is 11.0. The first kappa shape index (κ1) is 46.0. The van der Waals surface area contributed by atoms with Crippen LogP contribution in [-0.2, 0) is 39.0 Å². The monoisotopic (exact) mass is 990 g/mol. The van der Waals surface area contributed by atoms with Crippen LogP contribution < -0.4 is 0 Å². The van der Waals surface area contributed by atoms with Crippen LogP contribution in [0.5, 0.6) is 0 Å². The predicted molar refractivity (Wildman–Crippen MR) is 301 cm³/mol. The van der Waals surface area contributed by atoms with Crippen LogP contribution in [0.1, 0.15) is 36.8 Å². The Hall–Kier alpha value is -6.44. The molecule has 0 bridgehead atoms. The second-order valence-electron chi connectivity index (χ2n) is 19.6. The molecule has 0 aromatic heterocycles. The third-order valence-corrected chi connectivity index (χ3v) is 14.7. The summed E-state index contributed by atoms with van der Waals surface area (Å²) in [5, 5.41) is 16.0. The molecule has 2 heteroatoms. The molecule has 12 aromatic carbocycles. The van der Waals surface area contributed by atoms with Crippen molar-refractivity contribution in [1.82, 2.24) is 0 Å². The summed E-state index contributed by atoms with van der Waals surface area (Å²) in [5.41, 5.74) is 13.6. The van der Waals surface area contributed by atoms with Gasteiger partial charge in [0.15, 0.2) is 0 Å². The van der Waals surface area contributed by atoms with Crippen LogP contribution in [0.25, 0.3) is 109 Å². The van der Waals surface area contributed by atoms with E-state index in [9.17, 15) is 0 Å². The van der Waals surface area contributed by atoms with E-state index < -0.39 is 0 Å². The number of benzene rings is 10. The normalized spacial score (nSPS) is 13.3. The maximum absolute atomic E-state index is 2.47. The van der Waals surface area contributed by atoms with E-state index >= 15 is 0 Å². The molecule has 70 heavy (non-hydrogen) atoms. The van der Waals surface area contributed by atoms with Crippen molar-refractivity contribution < 1.29 is 26.2 Å². The first-order valence-electron chi connectivity index (χ1n) is 25.1. The quantitative estimate of drug-likeness (QED) is 0.105. The molecule has 0 N–H and O–H groups in total. The molecule has 0 unspecified atom stereocenters. The van der Waals surface area contributed by atoms with Gasteiger partial charge in [0.05, 0.1) is 0 Å². The zero-order valence-electron chi connectivity index (χ0n) is 40.2. The molecule has 0 nitrogen and oxygen atoms in total. The molecule has 12 aromatic rings. The van der Waals surface area contributed by atoms with Crippen molar-refractivity contribution in [3.63, 3.8) is 0 Å². The summed E-state index contributed by atoms with van der Waals surface area (Å²) in [6.07, 6.45) is 7.95. The Kier molecular flexibility index (Phi) is 13.2. The van der Waals surface area contributed by atoms with Crippen molar-refractivity contribution in [2.24, 2.45) is 11.8 Å². The van der Waals surface area contributed by atoms with Crippen LogP contribution in [0, 0.1) is 11.8 Å². The molecule has 2 aliphatic carbocycles. The summed E-state index contributed by atoms with van der Waals surface area (Å²) >= 11 is 0. The van der Waals surface area contributed by atoms with Crippen molar-refractivity contribution in [3.8, 4) is 44.5 Å². The molecular formula is C68H56SiZr. The zero-order chi connectivity index (χ0) is 46.3. The smallest absolute Gasteiger partial charge is 0.164 e. The minimum atomic E-state index is 0. The maximum atomic E-state index is 2.47. The SMILES string of the molecule is C[Si]C.[Zr+2].c1ccc2c(-c3ccc(-c4cccc5ccccc45)c4[cH-]c(CC5CC5)cc34)cccc2c1.c1ccc2c(-c3ccc(-c4cccc5ccccc45)c4[cH-]c(CC5CC5)cc34)cccc2c1. The summed E-state index contributed by atoms with van der Waals surface area (Å²) in [5.74, 6) is 1.76. The van der Waals surface area contributed by atoms with Gasteiger partial charge in [0, 0.05) is 9.52 Å². The summed E-state index contributed by atoms with van der Waals surface area (Å²) in [6, 6.07) is 81.0. The third kappa shape index (κ3) is 9.09. The van der Waals surface area contributed by atoms with Crippen molar-refractivity contribution >= 4 is 74.2 Å². The van der Waals surface area contributed by atoms with E-state index in [-0.39, 0.29) is 26.2 Å². The van der Waals surface area contributed by atoms with Gasteiger partial charge in [0.25, 0.3) is 0 Å². The van der Waals surface area contributed by atoms with E-state index in [1.165, 1.54) is 159 Å².